The van der Waals surface area contributed by atoms with E-state index in [0.29, 0.717) is 12.5 Å². The number of primary sulfonamides is 1. The Morgan fingerprint density at radius 2 is 2.15 bits per heavy atom. The minimum absolute atomic E-state index is 0.141. The van der Waals surface area contributed by atoms with Crippen molar-refractivity contribution in [2.75, 3.05) is 17.2 Å². The molecule has 0 spiro atoms. The summed E-state index contributed by atoms with van der Waals surface area (Å²) in [6, 6.07) is 7.45. The lowest BCUT2D eigenvalue weighted by Gasteiger charge is -2.12. The molecule has 3 N–H and O–H groups in total. The maximum absolute atomic E-state index is 12.0. The molecule has 1 fully saturated rings. The summed E-state index contributed by atoms with van der Waals surface area (Å²) in [6.45, 7) is 0.315. The number of nitrogens with zero attached hydrogens (tertiary/aromatic N) is 2. The van der Waals surface area contributed by atoms with Gasteiger partial charge in [0.2, 0.25) is 21.9 Å². The second-order valence-corrected chi connectivity index (χ2v) is 6.64. The SMILES string of the molecule is NS(=O)(=O)CC1CC(=O)N(c2nc3ccccc3[nH]2)C1. The molecule has 7 nitrogen and oxygen atoms in total. The molecule has 1 aliphatic rings. The number of amides is 1. The highest BCUT2D eigenvalue weighted by molar-refractivity contribution is 7.89. The normalized spacial score (nSPS) is 19.9. The number of anilines is 1. The fraction of sp³-hybridized carbons (Fsp3) is 0.333. The van der Waals surface area contributed by atoms with Crippen molar-refractivity contribution >= 4 is 32.9 Å². The smallest absolute Gasteiger partial charge is 0.229 e. The molecule has 1 saturated heterocycles. The number of aromatic nitrogens is 2. The van der Waals surface area contributed by atoms with Gasteiger partial charge in [-0.25, -0.2) is 18.5 Å². The van der Waals surface area contributed by atoms with E-state index in [2.05, 4.69) is 9.97 Å². The number of para-hydroxylation sites is 2. The van der Waals surface area contributed by atoms with Crippen LogP contribution in [-0.4, -0.2) is 36.6 Å². The number of hydrogen-bond acceptors (Lipinski definition) is 4. The highest BCUT2D eigenvalue weighted by Crippen LogP contribution is 2.25. The van der Waals surface area contributed by atoms with Crippen LogP contribution in [0, 0.1) is 5.92 Å². The van der Waals surface area contributed by atoms with E-state index < -0.39 is 10.0 Å². The van der Waals surface area contributed by atoms with Gasteiger partial charge >= 0.3 is 0 Å². The highest BCUT2D eigenvalue weighted by Gasteiger charge is 2.34. The van der Waals surface area contributed by atoms with E-state index in [1.54, 1.807) is 0 Å². The van der Waals surface area contributed by atoms with Crippen LogP contribution in [0.25, 0.3) is 11.0 Å². The Hall–Kier alpha value is -1.93. The van der Waals surface area contributed by atoms with Crippen molar-refractivity contribution in [3.63, 3.8) is 0 Å². The number of hydrogen-bond donors (Lipinski definition) is 2. The molecule has 2 aromatic rings. The van der Waals surface area contributed by atoms with E-state index in [9.17, 15) is 13.2 Å². The van der Waals surface area contributed by atoms with Crippen LogP contribution in [0.2, 0.25) is 0 Å². The van der Waals surface area contributed by atoms with Crippen molar-refractivity contribution in [3.8, 4) is 0 Å². The molecule has 20 heavy (non-hydrogen) atoms. The Balaban J connectivity index is 1.85. The van der Waals surface area contributed by atoms with Gasteiger partial charge in [-0.2, -0.15) is 0 Å². The number of H-pyrrole nitrogens is 1. The number of fused-ring (bicyclic) bond motifs is 1. The standard InChI is InChI=1S/C12H14N4O3S/c13-20(18,19)7-8-5-11(17)16(6-8)12-14-9-3-1-2-4-10(9)15-12/h1-4,8H,5-7H2,(H,14,15)(H2,13,18,19). The Kier molecular flexibility index (Phi) is 2.98. The van der Waals surface area contributed by atoms with Crippen molar-refractivity contribution in [1.29, 1.82) is 0 Å². The fourth-order valence-corrected chi connectivity index (χ4v) is 3.37. The second kappa shape index (κ2) is 4.57. The van der Waals surface area contributed by atoms with Crippen LogP contribution in [0.1, 0.15) is 6.42 Å². The van der Waals surface area contributed by atoms with Crippen LogP contribution in [0.3, 0.4) is 0 Å². The third-order valence-electron chi connectivity index (χ3n) is 3.31. The van der Waals surface area contributed by atoms with E-state index in [0.717, 1.165) is 11.0 Å². The van der Waals surface area contributed by atoms with E-state index in [1.165, 1.54) is 4.90 Å². The monoisotopic (exact) mass is 294 g/mol. The van der Waals surface area contributed by atoms with Crippen molar-refractivity contribution < 1.29 is 13.2 Å². The summed E-state index contributed by atoms with van der Waals surface area (Å²) in [5.41, 5.74) is 1.61. The molecule has 1 aliphatic heterocycles. The summed E-state index contributed by atoms with van der Waals surface area (Å²) in [5, 5.41) is 5.03. The van der Waals surface area contributed by atoms with E-state index in [1.807, 2.05) is 24.3 Å². The third-order valence-corrected chi connectivity index (χ3v) is 4.24. The van der Waals surface area contributed by atoms with Gasteiger partial charge in [-0.1, -0.05) is 12.1 Å². The lowest BCUT2D eigenvalue weighted by atomic mass is 10.1. The summed E-state index contributed by atoms with van der Waals surface area (Å²) in [6.07, 6.45) is 0.174. The maximum atomic E-state index is 12.0. The first kappa shape index (κ1) is 13.1. The van der Waals surface area contributed by atoms with Crippen LogP contribution in [0.4, 0.5) is 5.95 Å². The van der Waals surface area contributed by atoms with Crippen LogP contribution in [-0.2, 0) is 14.8 Å². The number of rotatable bonds is 3. The molecule has 3 rings (SSSR count). The predicted octanol–water partition coefficient (Wildman–Crippen LogP) is 0.204. The number of nitrogens with one attached hydrogen (secondary N) is 1. The van der Waals surface area contributed by atoms with E-state index in [-0.39, 0.29) is 24.0 Å². The first-order valence-electron chi connectivity index (χ1n) is 6.18. The van der Waals surface area contributed by atoms with Gasteiger partial charge in [0.1, 0.15) is 0 Å². The molecule has 1 aromatic heterocycles. The van der Waals surface area contributed by atoms with Crippen molar-refractivity contribution in [2.24, 2.45) is 11.1 Å². The summed E-state index contributed by atoms with van der Waals surface area (Å²) in [4.78, 5) is 20.9. The fourth-order valence-electron chi connectivity index (χ4n) is 2.49. The zero-order valence-electron chi connectivity index (χ0n) is 10.6. The number of imidazole rings is 1. The molecule has 1 amide bonds. The largest absolute Gasteiger partial charge is 0.324 e. The van der Waals surface area contributed by atoms with Gasteiger partial charge in [0.25, 0.3) is 0 Å². The first-order valence-corrected chi connectivity index (χ1v) is 7.89. The van der Waals surface area contributed by atoms with Gasteiger partial charge < -0.3 is 4.98 Å². The summed E-state index contributed by atoms with van der Waals surface area (Å²) >= 11 is 0. The van der Waals surface area contributed by atoms with Crippen molar-refractivity contribution in [2.45, 2.75) is 6.42 Å². The summed E-state index contributed by atoms with van der Waals surface area (Å²) < 4.78 is 22.2. The molecule has 0 bridgehead atoms. The van der Waals surface area contributed by atoms with E-state index in [4.69, 9.17) is 5.14 Å². The lowest BCUT2D eigenvalue weighted by Crippen LogP contribution is -2.28. The number of aromatic amines is 1. The molecule has 0 radical (unpaired) electrons. The number of sulfonamides is 1. The minimum atomic E-state index is -3.57. The number of carbonyl (C=O) groups is 1. The highest BCUT2D eigenvalue weighted by atomic mass is 32.2. The molecule has 106 valence electrons. The maximum Gasteiger partial charge on any atom is 0.229 e. The van der Waals surface area contributed by atoms with Gasteiger partial charge in [-0.15, -0.1) is 0 Å². The molecule has 1 atom stereocenters. The zero-order valence-corrected chi connectivity index (χ0v) is 11.4. The van der Waals surface area contributed by atoms with Gasteiger partial charge in [-0.3, -0.25) is 9.69 Å². The minimum Gasteiger partial charge on any atom is -0.324 e. The number of benzene rings is 1. The third kappa shape index (κ3) is 2.52. The Morgan fingerprint density at radius 1 is 1.40 bits per heavy atom. The topological polar surface area (TPSA) is 109 Å². The molecule has 1 unspecified atom stereocenters. The van der Waals surface area contributed by atoms with Crippen molar-refractivity contribution in [1.82, 2.24) is 9.97 Å². The molecular formula is C12H14N4O3S. The summed E-state index contributed by atoms with van der Waals surface area (Å²) in [5.74, 6) is -0.160. The Labute approximate surface area is 115 Å². The number of carbonyl (C=O) groups excluding carboxylic acids is 1. The zero-order chi connectivity index (χ0) is 14.3. The lowest BCUT2D eigenvalue weighted by molar-refractivity contribution is -0.117. The Morgan fingerprint density at radius 3 is 2.85 bits per heavy atom. The van der Waals surface area contributed by atoms with Crippen LogP contribution in [0.15, 0.2) is 24.3 Å². The van der Waals surface area contributed by atoms with Gasteiger partial charge in [0, 0.05) is 18.9 Å². The average molecular weight is 294 g/mol. The average Bonchev–Trinajstić information content (AvgIpc) is 2.90. The molecule has 1 aromatic carbocycles. The van der Waals surface area contributed by atoms with Crippen LogP contribution >= 0.6 is 0 Å². The second-order valence-electron chi connectivity index (χ2n) is 4.98. The molecular weight excluding hydrogens is 280 g/mol. The van der Waals surface area contributed by atoms with Gasteiger partial charge in [0.05, 0.1) is 16.8 Å². The molecule has 8 heteroatoms. The van der Waals surface area contributed by atoms with Crippen LogP contribution in [0.5, 0.6) is 0 Å². The molecule has 0 saturated carbocycles. The molecule has 0 aliphatic carbocycles. The molecule has 2 heterocycles. The summed E-state index contributed by atoms with van der Waals surface area (Å²) in [7, 11) is -3.57. The van der Waals surface area contributed by atoms with Gasteiger partial charge in [-0.05, 0) is 12.1 Å². The number of nitrogens with two attached hydrogens (primary N) is 1. The quantitative estimate of drug-likeness (QED) is 0.843. The van der Waals surface area contributed by atoms with Crippen LogP contribution < -0.4 is 10.0 Å². The predicted molar refractivity (Wildman–Crippen MR) is 74.5 cm³/mol. The van der Waals surface area contributed by atoms with Gasteiger partial charge in [0.15, 0.2) is 0 Å². The Bertz CT molecular complexity index is 735. The van der Waals surface area contributed by atoms with E-state index >= 15 is 0 Å². The first-order chi connectivity index (χ1) is 9.42. The van der Waals surface area contributed by atoms with Crippen molar-refractivity contribution in [3.05, 3.63) is 24.3 Å².